The maximum absolute atomic E-state index is 11.0. The molecular formula is C12H24N2O. The molecule has 3 N–H and O–H groups in total. The average Bonchev–Trinajstić information content (AvgIpc) is 2.18. The van der Waals surface area contributed by atoms with Gasteiger partial charge in [0, 0.05) is 18.0 Å². The van der Waals surface area contributed by atoms with Crippen molar-refractivity contribution in [1.82, 2.24) is 5.32 Å². The second-order valence-electron chi connectivity index (χ2n) is 5.15. The zero-order chi connectivity index (χ0) is 11.4. The van der Waals surface area contributed by atoms with Crippen molar-refractivity contribution in [2.24, 2.45) is 17.6 Å². The van der Waals surface area contributed by atoms with Crippen LogP contribution < -0.4 is 11.1 Å². The summed E-state index contributed by atoms with van der Waals surface area (Å²) in [6.07, 6.45) is 4.09. The molecule has 1 unspecified atom stereocenters. The summed E-state index contributed by atoms with van der Waals surface area (Å²) in [5, 5.41) is 3.63. The van der Waals surface area contributed by atoms with E-state index in [2.05, 4.69) is 26.1 Å². The molecule has 1 amide bonds. The molecule has 1 aliphatic rings. The number of carbonyl (C=O) groups is 1. The number of primary amides is 1. The van der Waals surface area contributed by atoms with Gasteiger partial charge in [0.15, 0.2) is 0 Å². The Morgan fingerprint density at radius 2 is 1.73 bits per heavy atom. The van der Waals surface area contributed by atoms with Crippen molar-refractivity contribution < 1.29 is 4.79 Å². The lowest BCUT2D eigenvalue weighted by molar-refractivity contribution is -0.122. The summed E-state index contributed by atoms with van der Waals surface area (Å²) in [7, 11) is 0. The molecule has 88 valence electrons. The third-order valence-corrected chi connectivity index (χ3v) is 3.63. The summed E-state index contributed by atoms with van der Waals surface area (Å²) in [5.74, 6) is 0.668. The van der Waals surface area contributed by atoms with Crippen molar-refractivity contribution in [3.05, 3.63) is 0 Å². The molecule has 0 spiro atoms. The average molecular weight is 212 g/mol. The topological polar surface area (TPSA) is 55.1 Å². The van der Waals surface area contributed by atoms with Gasteiger partial charge in [-0.3, -0.25) is 4.79 Å². The minimum atomic E-state index is -0.120. The van der Waals surface area contributed by atoms with E-state index in [4.69, 9.17) is 5.73 Å². The number of nitrogens with two attached hydrogens (primary N) is 1. The van der Waals surface area contributed by atoms with Gasteiger partial charge in [0.05, 0.1) is 0 Å². The van der Waals surface area contributed by atoms with Crippen LogP contribution in [0.1, 0.15) is 46.5 Å². The number of hydrogen-bond donors (Lipinski definition) is 2. The molecule has 0 radical (unpaired) electrons. The first-order valence-electron chi connectivity index (χ1n) is 6.06. The van der Waals surface area contributed by atoms with E-state index in [9.17, 15) is 4.79 Å². The molecule has 0 aliphatic heterocycles. The molecule has 1 saturated carbocycles. The first-order chi connectivity index (χ1) is 7.00. The smallest absolute Gasteiger partial charge is 0.220 e. The Hall–Kier alpha value is -0.570. The number of amides is 1. The third kappa shape index (κ3) is 3.82. The van der Waals surface area contributed by atoms with Crippen molar-refractivity contribution in [3.8, 4) is 0 Å². The number of hydrogen-bond acceptors (Lipinski definition) is 2. The Balaban J connectivity index is 2.28. The van der Waals surface area contributed by atoms with E-state index >= 15 is 0 Å². The maximum Gasteiger partial charge on any atom is 0.220 e. The van der Waals surface area contributed by atoms with Gasteiger partial charge >= 0.3 is 0 Å². The largest absolute Gasteiger partial charge is 0.369 e. The van der Waals surface area contributed by atoms with E-state index < -0.39 is 0 Å². The van der Waals surface area contributed by atoms with Crippen LogP contribution in [0.3, 0.4) is 0 Å². The van der Waals surface area contributed by atoms with Gasteiger partial charge in [-0.05, 0) is 38.5 Å². The van der Waals surface area contributed by atoms with E-state index in [1.54, 1.807) is 0 Å². The minimum absolute atomic E-state index is 0.120. The van der Waals surface area contributed by atoms with E-state index in [0.29, 0.717) is 18.0 Å². The SMILES string of the molecule is CC(C)C(C)NC1CCC(C(N)=O)CC1. The first kappa shape index (κ1) is 12.5. The zero-order valence-corrected chi connectivity index (χ0v) is 10.1. The fourth-order valence-corrected chi connectivity index (χ4v) is 2.11. The van der Waals surface area contributed by atoms with E-state index in [1.807, 2.05) is 0 Å². The molecular weight excluding hydrogens is 188 g/mol. The molecule has 1 rings (SSSR count). The Kier molecular flexibility index (Phi) is 4.58. The Morgan fingerprint density at radius 3 is 2.13 bits per heavy atom. The predicted molar refractivity (Wildman–Crippen MR) is 62.4 cm³/mol. The quantitative estimate of drug-likeness (QED) is 0.744. The second kappa shape index (κ2) is 5.50. The first-order valence-corrected chi connectivity index (χ1v) is 6.06. The molecule has 1 aliphatic carbocycles. The lowest BCUT2D eigenvalue weighted by Gasteiger charge is -2.31. The third-order valence-electron chi connectivity index (χ3n) is 3.63. The molecule has 0 aromatic carbocycles. The van der Waals surface area contributed by atoms with Crippen molar-refractivity contribution in [2.75, 3.05) is 0 Å². The number of carbonyl (C=O) groups excluding carboxylic acids is 1. The van der Waals surface area contributed by atoms with Gasteiger partial charge in [-0.1, -0.05) is 13.8 Å². The van der Waals surface area contributed by atoms with E-state index in [0.717, 1.165) is 25.7 Å². The lowest BCUT2D eigenvalue weighted by atomic mass is 9.85. The van der Waals surface area contributed by atoms with Crippen molar-refractivity contribution >= 4 is 5.91 Å². The Labute approximate surface area is 92.8 Å². The predicted octanol–water partition coefficient (Wildman–Crippen LogP) is 1.66. The molecule has 1 atom stereocenters. The van der Waals surface area contributed by atoms with Crippen LogP contribution in [-0.4, -0.2) is 18.0 Å². The van der Waals surface area contributed by atoms with Crippen LogP contribution in [-0.2, 0) is 4.79 Å². The van der Waals surface area contributed by atoms with Crippen LogP contribution in [0.25, 0.3) is 0 Å². The van der Waals surface area contributed by atoms with Gasteiger partial charge in [0.2, 0.25) is 5.91 Å². The van der Waals surface area contributed by atoms with E-state index in [-0.39, 0.29) is 11.8 Å². The summed E-state index contributed by atoms with van der Waals surface area (Å²) in [6, 6.07) is 1.14. The standard InChI is InChI=1S/C12H24N2O/c1-8(2)9(3)14-11-6-4-10(5-7-11)12(13)15/h8-11,14H,4-7H2,1-3H3,(H2,13,15). The molecule has 15 heavy (non-hydrogen) atoms. The van der Waals surface area contributed by atoms with Crippen molar-refractivity contribution in [1.29, 1.82) is 0 Å². The van der Waals surface area contributed by atoms with Gasteiger partial charge in [0.25, 0.3) is 0 Å². The molecule has 1 fully saturated rings. The summed E-state index contributed by atoms with van der Waals surface area (Å²) in [4.78, 5) is 11.0. The molecule has 0 heterocycles. The summed E-state index contributed by atoms with van der Waals surface area (Å²) in [6.45, 7) is 6.68. The highest BCUT2D eigenvalue weighted by molar-refractivity contribution is 5.76. The van der Waals surface area contributed by atoms with Crippen molar-refractivity contribution in [2.45, 2.75) is 58.5 Å². The minimum Gasteiger partial charge on any atom is -0.369 e. The van der Waals surface area contributed by atoms with Crippen LogP contribution in [0.5, 0.6) is 0 Å². The highest BCUT2D eigenvalue weighted by Crippen LogP contribution is 2.24. The van der Waals surface area contributed by atoms with Crippen molar-refractivity contribution in [3.63, 3.8) is 0 Å². The van der Waals surface area contributed by atoms with Crippen LogP contribution in [0, 0.1) is 11.8 Å². The van der Waals surface area contributed by atoms with Gasteiger partial charge in [-0.25, -0.2) is 0 Å². The summed E-state index contributed by atoms with van der Waals surface area (Å²) < 4.78 is 0. The normalized spacial score (nSPS) is 29.1. The second-order valence-corrected chi connectivity index (χ2v) is 5.15. The van der Waals surface area contributed by atoms with E-state index in [1.165, 1.54) is 0 Å². The number of nitrogens with one attached hydrogen (secondary N) is 1. The van der Waals surface area contributed by atoms with Gasteiger partial charge in [-0.15, -0.1) is 0 Å². The lowest BCUT2D eigenvalue weighted by Crippen LogP contribution is -2.42. The maximum atomic E-state index is 11.0. The zero-order valence-electron chi connectivity index (χ0n) is 10.1. The Bertz CT molecular complexity index is 208. The van der Waals surface area contributed by atoms with Crippen LogP contribution in [0.15, 0.2) is 0 Å². The highest BCUT2D eigenvalue weighted by Gasteiger charge is 2.25. The molecule has 3 nitrogen and oxygen atoms in total. The Morgan fingerprint density at radius 1 is 1.20 bits per heavy atom. The van der Waals surface area contributed by atoms with Gasteiger partial charge in [-0.2, -0.15) is 0 Å². The fourth-order valence-electron chi connectivity index (χ4n) is 2.11. The highest BCUT2D eigenvalue weighted by atomic mass is 16.1. The van der Waals surface area contributed by atoms with Crippen LogP contribution >= 0.6 is 0 Å². The van der Waals surface area contributed by atoms with Crippen LogP contribution in [0.2, 0.25) is 0 Å². The van der Waals surface area contributed by atoms with Crippen LogP contribution in [0.4, 0.5) is 0 Å². The monoisotopic (exact) mass is 212 g/mol. The molecule has 0 aromatic rings. The molecule has 0 saturated heterocycles. The molecule has 0 aromatic heterocycles. The fraction of sp³-hybridized carbons (Fsp3) is 0.917. The molecule has 0 bridgehead atoms. The van der Waals surface area contributed by atoms with Gasteiger partial charge in [0.1, 0.15) is 0 Å². The molecule has 3 heteroatoms. The number of rotatable bonds is 4. The van der Waals surface area contributed by atoms with Gasteiger partial charge < -0.3 is 11.1 Å². The summed E-state index contributed by atoms with van der Waals surface area (Å²) in [5.41, 5.74) is 5.30. The summed E-state index contributed by atoms with van der Waals surface area (Å²) >= 11 is 0.